The van der Waals surface area contributed by atoms with Gasteiger partial charge in [0, 0.05) is 66.9 Å². The van der Waals surface area contributed by atoms with Gasteiger partial charge in [-0.2, -0.15) is 0 Å². The number of hydrogen-bond donors (Lipinski definition) is 4. The fraction of sp³-hybridized carbons (Fsp3) is 0.362. The molecule has 6 aromatic carbocycles. The molecule has 0 bridgehead atoms. The number of carbonyl (C=O) groups excluding carboxylic acids is 2. The molecule has 0 radical (unpaired) electrons. The number of nitrogens with zero attached hydrogens (tertiary/aromatic N) is 10. The summed E-state index contributed by atoms with van der Waals surface area (Å²) in [6.07, 6.45) is 7.99. The Kier molecular flexibility index (Phi) is 24.8. The number of nitrogens with two attached hydrogens (primary N) is 2. The lowest BCUT2D eigenvalue weighted by molar-refractivity contribution is -0.0283. The van der Waals surface area contributed by atoms with E-state index >= 15 is 0 Å². The Morgan fingerprint density at radius 2 is 0.958 bits per heavy atom. The molecule has 0 unspecified atom stereocenters. The number of amides is 2. The van der Waals surface area contributed by atoms with E-state index in [-0.39, 0.29) is 30.5 Å². The number of fused-ring (bicyclic) bond motifs is 2. The standard InChI is InChI=1S/C44H47N7O4.C26H27ClN6O2.C24H32BNO4/c1-43(2,3)55-42(52)49-44(21-9-22-44)32-15-17-33(18-16-32)51-40(36-14-8-23-46-39(36)45)48-38-20-19-37(47-41(38)51)31-12-7-13-34(26-31)50-24-25-54-35(27-50)29-53-28-30-10-5-4-6-11-30;1-25(2,3)35-24(34)32-26(13-5-14-26)16-7-9-17(10-8-16)33-22(18-6-4-15-29-21(18)28)30-19-11-12-20(27)31-23(19)33;1-23(2)24(3,4)30-25(29-23)20-11-8-12-21(15-20)26-13-14-28-22(16-26)18-27-17-19-9-6-5-7-10-19/h4-8,10-20,23,26,35H,9,21-22,24-25,27-29H2,1-3H3,(H2,45,46)(H,49,52);4,6-12,15H,5,13-14H2,1-3H3,(H2,28,29)(H,32,34);5-12,15,22H,13-14,16-18H2,1-4H3/t35-;;22-/m1.1/s1. The van der Waals surface area contributed by atoms with Gasteiger partial charge in [-0.3, -0.25) is 9.13 Å². The molecule has 6 aromatic heterocycles. The van der Waals surface area contributed by atoms with E-state index < -0.39 is 34.5 Å². The number of rotatable bonds is 20. The van der Waals surface area contributed by atoms with Gasteiger partial charge in [-0.25, -0.2) is 39.5 Å². The lowest BCUT2D eigenvalue weighted by atomic mass is 9.72. The van der Waals surface area contributed by atoms with Gasteiger partial charge in [0.05, 0.1) is 91.0 Å². The molecule has 3 saturated heterocycles. The second-order valence-corrected chi connectivity index (χ2v) is 34.6. The molecule has 3 aliphatic heterocycles. The van der Waals surface area contributed by atoms with Crippen LogP contribution in [0.3, 0.4) is 0 Å². The van der Waals surface area contributed by atoms with Crippen LogP contribution in [0.2, 0.25) is 5.15 Å². The number of morpholine rings is 2. The molecular weight excluding hydrogens is 1530 g/mol. The highest BCUT2D eigenvalue weighted by atomic mass is 35.5. The first-order valence-electron chi connectivity index (χ1n) is 41.3. The average Bonchev–Trinajstić information content (AvgIpc) is 1.27. The SMILES string of the molecule is CC(C)(C)OC(=O)NC1(c2ccc(-n3c(-c4cccnc4N)nc4ccc(-c5cccc(N6CCO[C@@H](COCc7ccccc7)C6)c5)nc43)cc2)CCC1.CC(C)(C)OC(=O)NC1(c2ccc(-n3c(-c4cccnc4N)nc4ccc(Cl)nc43)cc2)CCC1.CC1(C)OB(c2cccc(N3CCO[C@@H](COCc4ccccc4)C3)c2)OC1(C)C. The largest absolute Gasteiger partial charge is 0.494 e. The fourth-order valence-corrected chi connectivity index (χ4v) is 15.7. The number of halogens is 1. The van der Waals surface area contributed by atoms with E-state index in [4.69, 9.17) is 75.8 Å². The molecule has 9 heterocycles. The summed E-state index contributed by atoms with van der Waals surface area (Å²) in [7, 11) is -0.346. The summed E-state index contributed by atoms with van der Waals surface area (Å²) in [5, 5.41) is 6.64. The lowest BCUT2D eigenvalue weighted by Gasteiger charge is -2.43. The van der Waals surface area contributed by atoms with Gasteiger partial charge >= 0.3 is 19.3 Å². The predicted molar refractivity (Wildman–Crippen MR) is 472 cm³/mol. The van der Waals surface area contributed by atoms with Crippen molar-refractivity contribution in [1.82, 2.24) is 49.7 Å². The number of carbonyl (C=O) groups is 2. The van der Waals surface area contributed by atoms with Crippen molar-refractivity contribution >= 4 is 81.7 Å². The van der Waals surface area contributed by atoms with Crippen LogP contribution in [0.15, 0.2) is 219 Å². The summed E-state index contributed by atoms with van der Waals surface area (Å²) in [6, 6.07) is 68.7. The Labute approximate surface area is 706 Å². The molecule has 120 heavy (non-hydrogen) atoms. The summed E-state index contributed by atoms with van der Waals surface area (Å²) >= 11 is 6.23. The maximum atomic E-state index is 12.8. The maximum Gasteiger partial charge on any atom is 0.494 e. The number of pyridine rings is 4. The van der Waals surface area contributed by atoms with Crippen molar-refractivity contribution in [3.8, 4) is 45.4 Å². The van der Waals surface area contributed by atoms with Crippen LogP contribution in [0.5, 0.6) is 0 Å². The van der Waals surface area contributed by atoms with E-state index in [1.54, 1.807) is 18.5 Å². The van der Waals surface area contributed by atoms with Crippen LogP contribution in [0.25, 0.3) is 67.7 Å². The Morgan fingerprint density at radius 3 is 1.41 bits per heavy atom. The van der Waals surface area contributed by atoms with Gasteiger partial charge in [0.2, 0.25) is 0 Å². The maximum absolute atomic E-state index is 12.8. The molecule has 622 valence electrons. The molecule has 6 N–H and O–H groups in total. The molecule has 0 spiro atoms. The Hall–Kier alpha value is -11.3. The number of alkyl carbamates (subject to hydrolysis) is 2. The van der Waals surface area contributed by atoms with Gasteiger partial charge in [0.1, 0.15) is 39.0 Å². The Morgan fingerprint density at radius 1 is 0.508 bits per heavy atom. The normalized spacial score (nSPS) is 17.8. The second-order valence-electron chi connectivity index (χ2n) is 34.3. The monoisotopic (exact) mass is 1640 g/mol. The smallest absolute Gasteiger partial charge is 0.444 e. The van der Waals surface area contributed by atoms with E-state index in [2.05, 4.69) is 160 Å². The number of ether oxygens (including phenoxy) is 6. The van der Waals surface area contributed by atoms with Crippen LogP contribution >= 0.6 is 11.6 Å². The number of hydrogen-bond acceptors (Lipinski definition) is 20. The second kappa shape index (κ2) is 35.6. The third-order valence-electron chi connectivity index (χ3n) is 22.8. The summed E-state index contributed by atoms with van der Waals surface area (Å²) in [4.78, 5) is 58.3. The molecule has 12 aromatic rings. The minimum atomic E-state index is -0.581. The van der Waals surface area contributed by atoms with E-state index in [0.29, 0.717) is 96.0 Å². The molecule has 17 rings (SSSR count). The highest BCUT2D eigenvalue weighted by Gasteiger charge is 2.52. The topological polar surface area (TPSA) is 278 Å². The quantitative estimate of drug-likeness (QED) is 0.0407. The van der Waals surface area contributed by atoms with Gasteiger partial charge in [0.25, 0.3) is 0 Å². The van der Waals surface area contributed by atoms with Gasteiger partial charge < -0.3 is 69.6 Å². The first-order valence-corrected chi connectivity index (χ1v) is 41.6. The third kappa shape index (κ3) is 19.4. The molecule has 2 aliphatic carbocycles. The first-order chi connectivity index (χ1) is 57.6. The van der Waals surface area contributed by atoms with E-state index in [0.717, 1.165) is 121 Å². The van der Waals surface area contributed by atoms with E-state index in [1.807, 2.05) is 154 Å². The van der Waals surface area contributed by atoms with Crippen LogP contribution in [0, 0.1) is 0 Å². The van der Waals surface area contributed by atoms with Crippen molar-refractivity contribution in [3.05, 3.63) is 246 Å². The van der Waals surface area contributed by atoms with Crippen molar-refractivity contribution in [2.75, 3.05) is 73.9 Å². The van der Waals surface area contributed by atoms with Crippen LogP contribution in [-0.2, 0) is 62.0 Å². The zero-order chi connectivity index (χ0) is 84.0. The first kappa shape index (κ1) is 83.8. The minimum absolute atomic E-state index is 0.0260. The Balaban J connectivity index is 0.000000149. The van der Waals surface area contributed by atoms with Crippen molar-refractivity contribution < 1.29 is 47.3 Å². The van der Waals surface area contributed by atoms with E-state index in [9.17, 15) is 9.59 Å². The van der Waals surface area contributed by atoms with Gasteiger partial charge in [-0.05, 0) is 233 Å². The van der Waals surface area contributed by atoms with Gasteiger partial charge in [-0.1, -0.05) is 121 Å². The lowest BCUT2D eigenvalue weighted by Crippen LogP contribution is -2.52. The summed E-state index contributed by atoms with van der Waals surface area (Å²) in [5.74, 6) is 2.03. The van der Waals surface area contributed by atoms with Crippen molar-refractivity contribution in [1.29, 1.82) is 0 Å². The number of anilines is 4. The summed E-state index contributed by atoms with van der Waals surface area (Å²) in [6.45, 7) is 26.3. The molecule has 26 heteroatoms. The number of benzene rings is 6. The number of aromatic nitrogens is 8. The van der Waals surface area contributed by atoms with Gasteiger partial charge in [-0.15, -0.1) is 0 Å². The Bertz CT molecular complexity index is 5540. The van der Waals surface area contributed by atoms with E-state index in [1.165, 1.54) is 11.3 Å². The third-order valence-corrected chi connectivity index (χ3v) is 23.0. The highest BCUT2D eigenvalue weighted by Crippen LogP contribution is 2.45. The molecule has 5 fully saturated rings. The number of nitrogens with one attached hydrogen (secondary N) is 2. The van der Waals surface area contributed by atoms with Crippen molar-refractivity contribution in [3.63, 3.8) is 0 Å². The average molecular weight is 1640 g/mol. The van der Waals surface area contributed by atoms with Crippen LogP contribution in [0.1, 0.15) is 130 Å². The zero-order valence-corrected chi connectivity index (χ0v) is 70.7. The predicted octanol–water partition coefficient (Wildman–Crippen LogP) is 17.1. The number of imidazole rings is 2. The molecule has 2 saturated carbocycles. The molecular formula is C94H106BClN14O10. The van der Waals surface area contributed by atoms with Gasteiger partial charge in [0.15, 0.2) is 22.9 Å². The molecule has 2 atom stereocenters. The molecule has 24 nitrogen and oxygen atoms in total. The minimum Gasteiger partial charge on any atom is -0.444 e. The van der Waals surface area contributed by atoms with Crippen LogP contribution in [0.4, 0.5) is 32.6 Å². The molecule has 2 amide bonds. The van der Waals surface area contributed by atoms with Crippen molar-refractivity contribution in [2.24, 2.45) is 0 Å². The molecule has 5 aliphatic rings. The summed E-state index contributed by atoms with van der Waals surface area (Å²) in [5.41, 5.74) is 25.3. The zero-order valence-electron chi connectivity index (χ0n) is 69.9. The van der Waals surface area contributed by atoms with Crippen LogP contribution in [-0.4, -0.2) is 146 Å². The number of nitrogen functional groups attached to an aromatic ring is 2. The highest BCUT2D eigenvalue weighted by molar-refractivity contribution is 6.62. The van der Waals surface area contributed by atoms with Crippen molar-refractivity contribution in [2.45, 2.75) is 167 Å². The van der Waals surface area contributed by atoms with Crippen LogP contribution < -0.4 is 37.4 Å². The fourth-order valence-electron chi connectivity index (χ4n) is 15.6. The summed E-state index contributed by atoms with van der Waals surface area (Å²) < 4.78 is 51.5.